The first kappa shape index (κ1) is 25.4. The van der Waals surface area contributed by atoms with Crippen LogP contribution in [0.3, 0.4) is 0 Å². The smallest absolute Gasteiger partial charge is 0.227 e. The second kappa shape index (κ2) is 11.8. The fraction of sp³-hybridized carbons (Fsp3) is 0.444. The molecular formula is C27H36N2O5. The Balaban J connectivity index is 1.77. The summed E-state index contributed by atoms with van der Waals surface area (Å²) in [6.45, 7) is 6.29. The third kappa shape index (κ3) is 6.03. The monoisotopic (exact) mass is 468 g/mol. The van der Waals surface area contributed by atoms with E-state index in [4.69, 9.17) is 18.9 Å². The summed E-state index contributed by atoms with van der Waals surface area (Å²) in [4.78, 5) is 15.4. The van der Waals surface area contributed by atoms with Crippen LogP contribution in [0.25, 0.3) is 12.2 Å². The number of likely N-dealkylation sites (tertiary alicyclic amines) is 1. The SMILES string of the molecule is COc1ccc(/C=C\c2cc(OC)c(OC)c(OC)c2)cc1NC(=O)C1CCN(C(C)C)CC1. The number of nitrogens with one attached hydrogen (secondary N) is 1. The number of carbonyl (C=O) groups excluding carboxylic acids is 1. The number of benzene rings is 2. The topological polar surface area (TPSA) is 69.3 Å². The number of amides is 1. The van der Waals surface area contributed by atoms with E-state index in [1.165, 1.54) is 0 Å². The number of nitrogens with zero attached hydrogens (tertiary/aromatic N) is 1. The van der Waals surface area contributed by atoms with Gasteiger partial charge in [-0.2, -0.15) is 0 Å². The summed E-state index contributed by atoms with van der Waals surface area (Å²) < 4.78 is 21.8. The van der Waals surface area contributed by atoms with Gasteiger partial charge in [0.05, 0.1) is 34.1 Å². The van der Waals surface area contributed by atoms with Crippen LogP contribution < -0.4 is 24.3 Å². The molecular weight excluding hydrogens is 432 g/mol. The molecule has 3 rings (SSSR count). The zero-order chi connectivity index (χ0) is 24.7. The summed E-state index contributed by atoms with van der Waals surface area (Å²) in [5, 5.41) is 3.09. The van der Waals surface area contributed by atoms with Crippen molar-refractivity contribution in [2.75, 3.05) is 46.8 Å². The van der Waals surface area contributed by atoms with Crippen LogP contribution in [-0.2, 0) is 4.79 Å². The lowest BCUT2D eigenvalue weighted by molar-refractivity contribution is -0.121. The highest BCUT2D eigenvalue weighted by atomic mass is 16.5. The van der Waals surface area contributed by atoms with E-state index in [9.17, 15) is 4.79 Å². The molecule has 1 aliphatic heterocycles. The van der Waals surface area contributed by atoms with Crippen LogP contribution in [-0.4, -0.2) is 58.4 Å². The molecule has 0 aliphatic carbocycles. The second-order valence-electron chi connectivity index (χ2n) is 8.64. The standard InChI is InChI=1S/C27H36N2O5/c1-18(2)29-13-11-21(12-14-29)27(30)28-22-15-19(9-10-23(22)31-3)7-8-20-16-24(32-4)26(34-6)25(17-20)33-5/h7-10,15-18,21H,11-14H2,1-6H3,(H,28,30)/b8-7-. The van der Waals surface area contributed by atoms with E-state index in [2.05, 4.69) is 24.1 Å². The maximum Gasteiger partial charge on any atom is 0.227 e. The molecule has 1 N–H and O–H groups in total. The zero-order valence-electron chi connectivity index (χ0n) is 21.0. The molecule has 1 amide bonds. The lowest BCUT2D eigenvalue weighted by atomic mass is 9.95. The van der Waals surface area contributed by atoms with Gasteiger partial charge in [0.15, 0.2) is 11.5 Å². The number of ether oxygens (including phenoxy) is 4. The summed E-state index contributed by atoms with van der Waals surface area (Å²) >= 11 is 0. The first-order valence-electron chi connectivity index (χ1n) is 11.6. The van der Waals surface area contributed by atoms with Crippen LogP contribution in [0.4, 0.5) is 5.69 Å². The van der Waals surface area contributed by atoms with Gasteiger partial charge in [-0.05, 0) is 75.2 Å². The number of rotatable bonds is 9. The van der Waals surface area contributed by atoms with E-state index in [1.807, 2.05) is 42.5 Å². The van der Waals surface area contributed by atoms with Crippen molar-refractivity contribution in [1.29, 1.82) is 0 Å². The minimum Gasteiger partial charge on any atom is -0.495 e. The molecule has 0 spiro atoms. The largest absolute Gasteiger partial charge is 0.495 e. The molecule has 0 aromatic heterocycles. The van der Waals surface area contributed by atoms with E-state index >= 15 is 0 Å². The Kier molecular flexibility index (Phi) is 8.82. The third-order valence-corrected chi connectivity index (χ3v) is 6.27. The summed E-state index contributed by atoms with van der Waals surface area (Å²) in [6.07, 6.45) is 5.66. The summed E-state index contributed by atoms with van der Waals surface area (Å²) in [6, 6.07) is 10.0. The van der Waals surface area contributed by atoms with Gasteiger partial charge in [0.2, 0.25) is 11.7 Å². The minimum atomic E-state index is 0.0122. The Labute approximate surface area is 202 Å². The van der Waals surface area contributed by atoms with E-state index in [-0.39, 0.29) is 11.8 Å². The van der Waals surface area contributed by atoms with Crippen molar-refractivity contribution in [3.8, 4) is 23.0 Å². The van der Waals surface area contributed by atoms with Crippen molar-refractivity contribution in [3.05, 3.63) is 41.5 Å². The molecule has 1 aliphatic rings. The molecule has 1 heterocycles. The van der Waals surface area contributed by atoms with E-state index in [1.54, 1.807) is 28.4 Å². The number of piperidine rings is 1. The van der Waals surface area contributed by atoms with Gasteiger partial charge in [-0.15, -0.1) is 0 Å². The summed E-state index contributed by atoms with van der Waals surface area (Å²) in [5.74, 6) is 2.43. The molecule has 34 heavy (non-hydrogen) atoms. The Morgan fingerprint density at radius 1 is 0.882 bits per heavy atom. The third-order valence-electron chi connectivity index (χ3n) is 6.27. The second-order valence-corrected chi connectivity index (χ2v) is 8.64. The van der Waals surface area contributed by atoms with Gasteiger partial charge in [-0.3, -0.25) is 4.79 Å². The molecule has 0 atom stereocenters. The highest BCUT2D eigenvalue weighted by molar-refractivity contribution is 5.94. The van der Waals surface area contributed by atoms with Crippen LogP contribution in [0.2, 0.25) is 0 Å². The van der Waals surface area contributed by atoms with Crippen LogP contribution in [0, 0.1) is 5.92 Å². The number of methoxy groups -OCH3 is 4. The molecule has 2 aromatic rings. The average Bonchev–Trinajstić information content (AvgIpc) is 2.86. The van der Waals surface area contributed by atoms with Crippen molar-refractivity contribution in [2.45, 2.75) is 32.7 Å². The normalized spacial score (nSPS) is 14.9. The highest BCUT2D eigenvalue weighted by Gasteiger charge is 2.26. The molecule has 0 unspecified atom stereocenters. The molecule has 7 heteroatoms. The molecule has 0 bridgehead atoms. The molecule has 1 saturated heterocycles. The number of hydrogen-bond acceptors (Lipinski definition) is 6. The minimum absolute atomic E-state index is 0.0122. The van der Waals surface area contributed by atoms with Crippen molar-refractivity contribution >= 4 is 23.7 Å². The van der Waals surface area contributed by atoms with Crippen molar-refractivity contribution in [3.63, 3.8) is 0 Å². The van der Waals surface area contributed by atoms with Crippen LogP contribution in [0.15, 0.2) is 30.3 Å². The number of anilines is 1. The van der Waals surface area contributed by atoms with Crippen LogP contribution in [0.5, 0.6) is 23.0 Å². The Bertz CT molecular complexity index is 985. The zero-order valence-corrected chi connectivity index (χ0v) is 21.0. The van der Waals surface area contributed by atoms with Gasteiger partial charge < -0.3 is 29.2 Å². The van der Waals surface area contributed by atoms with Crippen molar-refractivity contribution in [1.82, 2.24) is 4.90 Å². The van der Waals surface area contributed by atoms with Crippen LogP contribution >= 0.6 is 0 Å². The average molecular weight is 469 g/mol. The molecule has 2 aromatic carbocycles. The highest BCUT2D eigenvalue weighted by Crippen LogP contribution is 2.38. The quantitative estimate of drug-likeness (QED) is 0.525. The fourth-order valence-electron chi connectivity index (χ4n) is 4.23. The van der Waals surface area contributed by atoms with Crippen LogP contribution in [0.1, 0.15) is 37.8 Å². The lowest BCUT2D eigenvalue weighted by Gasteiger charge is -2.34. The fourth-order valence-corrected chi connectivity index (χ4v) is 4.23. The van der Waals surface area contributed by atoms with Crippen molar-refractivity contribution in [2.24, 2.45) is 5.92 Å². The van der Waals surface area contributed by atoms with E-state index < -0.39 is 0 Å². The number of hydrogen-bond donors (Lipinski definition) is 1. The predicted octanol–water partition coefficient (Wildman–Crippen LogP) is 4.95. The van der Waals surface area contributed by atoms with Gasteiger partial charge in [-0.1, -0.05) is 18.2 Å². The Morgan fingerprint density at radius 3 is 2.00 bits per heavy atom. The Hall–Kier alpha value is -3.19. The maximum absolute atomic E-state index is 13.0. The van der Waals surface area contributed by atoms with Gasteiger partial charge in [0.1, 0.15) is 5.75 Å². The molecule has 1 fully saturated rings. The molecule has 0 saturated carbocycles. The predicted molar refractivity (Wildman–Crippen MR) is 136 cm³/mol. The van der Waals surface area contributed by atoms with Gasteiger partial charge >= 0.3 is 0 Å². The molecule has 7 nitrogen and oxygen atoms in total. The van der Waals surface area contributed by atoms with Gasteiger partial charge in [0.25, 0.3) is 0 Å². The van der Waals surface area contributed by atoms with E-state index in [0.29, 0.717) is 34.7 Å². The molecule has 184 valence electrons. The lowest BCUT2D eigenvalue weighted by Crippen LogP contribution is -2.41. The first-order valence-corrected chi connectivity index (χ1v) is 11.6. The molecule has 0 radical (unpaired) electrons. The summed E-state index contributed by atoms with van der Waals surface area (Å²) in [7, 11) is 6.38. The maximum atomic E-state index is 13.0. The van der Waals surface area contributed by atoms with E-state index in [0.717, 1.165) is 37.1 Å². The summed E-state index contributed by atoms with van der Waals surface area (Å²) in [5.41, 5.74) is 2.50. The van der Waals surface area contributed by atoms with Crippen molar-refractivity contribution < 1.29 is 23.7 Å². The first-order chi connectivity index (χ1) is 16.4. The van der Waals surface area contributed by atoms with Gasteiger partial charge in [0, 0.05) is 12.0 Å². The van der Waals surface area contributed by atoms with Gasteiger partial charge in [-0.25, -0.2) is 0 Å². The Morgan fingerprint density at radius 2 is 1.47 bits per heavy atom. The number of carbonyl (C=O) groups is 1.